The van der Waals surface area contributed by atoms with E-state index < -0.39 is 21.6 Å². The molecule has 0 N–H and O–H groups in total. The standard InChI is InChI=1S/2C21H42O3S/c1-4-6-7-8-11-14-17-20(25(23)5-2)18-15-12-9-10-13-16-19-21(22)24-3;1-4-6-7-8-9-11-14-17-20(25(23)5-2)18-15-12-10-13-16-19-21(22)24-3/h2*20H,4-19H2,1-3H3. The SMILES string of the molecule is CCCCCCCCC(CCCCCCCCC(=O)OC)S(=O)CC.CCCCCCCCCC(CCCCCCCC(=O)OC)S(=O)CC. The number of ether oxygens (including phenoxy) is 2. The Labute approximate surface area is 316 Å². The Balaban J connectivity index is 0. The lowest BCUT2D eigenvalue weighted by atomic mass is 10.0. The summed E-state index contributed by atoms with van der Waals surface area (Å²) in [4.78, 5) is 22.1. The van der Waals surface area contributed by atoms with Crippen LogP contribution in [0.1, 0.15) is 220 Å². The van der Waals surface area contributed by atoms with Crippen LogP contribution in [0.3, 0.4) is 0 Å². The van der Waals surface area contributed by atoms with Gasteiger partial charge in [-0.25, -0.2) is 0 Å². The molecule has 0 rings (SSSR count). The molecule has 0 aromatic heterocycles. The summed E-state index contributed by atoms with van der Waals surface area (Å²) in [6.45, 7) is 8.59. The van der Waals surface area contributed by atoms with Gasteiger partial charge in [0.1, 0.15) is 0 Å². The van der Waals surface area contributed by atoms with Gasteiger partial charge in [0.15, 0.2) is 0 Å². The summed E-state index contributed by atoms with van der Waals surface area (Å²) >= 11 is 0. The van der Waals surface area contributed by atoms with Gasteiger partial charge in [-0.05, 0) is 38.5 Å². The third-order valence-corrected chi connectivity index (χ3v) is 13.4. The molecule has 6 nitrogen and oxygen atoms in total. The van der Waals surface area contributed by atoms with Crippen LogP contribution in [0.15, 0.2) is 0 Å². The van der Waals surface area contributed by atoms with E-state index in [-0.39, 0.29) is 11.9 Å². The van der Waals surface area contributed by atoms with Crippen molar-refractivity contribution < 1.29 is 27.5 Å². The van der Waals surface area contributed by atoms with E-state index in [4.69, 9.17) is 0 Å². The van der Waals surface area contributed by atoms with Crippen molar-refractivity contribution in [2.24, 2.45) is 0 Å². The lowest BCUT2D eigenvalue weighted by molar-refractivity contribution is -0.141. The molecule has 300 valence electrons. The molecule has 4 atom stereocenters. The fourth-order valence-corrected chi connectivity index (χ4v) is 9.15. The second-order valence-electron chi connectivity index (χ2n) is 14.2. The maximum Gasteiger partial charge on any atom is 0.305 e. The van der Waals surface area contributed by atoms with E-state index >= 15 is 0 Å². The Morgan fingerprint density at radius 1 is 0.400 bits per heavy atom. The van der Waals surface area contributed by atoms with Gasteiger partial charge in [-0.1, -0.05) is 169 Å². The normalized spacial score (nSPS) is 13.6. The molecular weight excluding hydrogens is 665 g/mol. The average molecular weight is 749 g/mol. The quantitative estimate of drug-likeness (QED) is 0.0468. The minimum absolute atomic E-state index is 0.0976. The van der Waals surface area contributed by atoms with Crippen molar-refractivity contribution in [2.45, 2.75) is 231 Å². The zero-order valence-corrected chi connectivity index (χ0v) is 35.7. The van der Waals surface area contributed by atoms with Crippen LogP contribution in [-0.2, 0) is 40.7 Å². The molecule has 0 bridgehead atoms. The van der Waals surface area contributed by atoms with E-state index in [1.54, 1.807) is 0 Å². The van der Waals surface area contributed by atoms with Crippen molar-refractivity contribution in [3.05, 3.63) is 0 Å². The number of hydrogen-bond donors (Lipinski definition) is 0. The number of rotatable bonds is 36. The number of methoxy groups -OCH3 is 2. The van der Waals surface area contributed by atoms with Gasteiger partial charge in [0.05, 0.1) is 14.2 Å². The fourth-order valence-electron chi connectivity index (χ4n) is 6.49. The van der Waals surface area contributed by atoms with E-state index in [9.17, 15) is 18.0 Å². The second-order valence-corrected chi connectivity index (χ2v) is 18.2. The Morgan fingerprint density at radius 2 is 0.640 bits per heavy atom. The first-order valence-corrected chi connectivity index (χ1v) is 23.9. The highest BCUT2D eigenvalue weighted by atomic mass is 32.2. The number of esters is 2. The summed E-state index contributed by atoms with van der Waals surface area (Å²) < 4.78 is 33.8. The van der Waals surface area contributed by atoms with Gasteiger partial charge < -0.3 is 9.47 Å². The monoisotopic (exact) mass is 749 g/mol. The van der Waals surface area contributed by atoms with Gasteiger partial charge in [0.25, 0.3) is 0 Å². The molecule has 0 aromatic carbocycles. The molecular formula is C42H84O6S2. The molecule has 8 heteroatoms. The van der Waals surface area contributed by atoms with Crippen LogP contribution in [0, 0.1) is 0 Å². The summed E-state index contributed by atoms with van der Waals surface area (Å²) in [6, 6.07) is 0. The maximum absolute atomic E-state index is 12.3. The Kier molecular flexibility index (Phi) is 42.1. The third kappa shape index (κ3) is 35.6. The molecule has 0 radical (unpaired) electrons. The number of carbonyl (C=O) groups is 2. The lowest BCUT2D eigenvalue weighted by Gasteiger charge is -2.15. The van der Waals surface area contributed by atoms with Crippen LogP contribution in [0.2, 0.25) is 0 Å². The molecule has 0 aliphatic rings. The molecule has 0 aliphatic heterocycles. The molecule has 0 aliphatic carbocycles. The van der Waals surface area contributed by atoms with Gasteiger partial charge in [-0.2, -0.15) is 0 Å². The Morgan fingerprint density at radius 3 is 0.880 bits per heavy atom. The maximum atomic E-state index is 12.3. The zero-order chi connectivity index (χ0) is 37.5. The molecule has 0 fully saturated rings. The molecule has 0 saturated heterocycles. The van der Waals surface area contributed by atoms with Gasteiger partial charge in [0.2, 0.25) is 0 Å². The highest BCUT2D eigenvalue weighted by Crippen LogP contribution is 2.20. The van der Waals surface area contributed by atoms with E-state index in [0.717, 1.165) is 62.9 Å². The zero-order valence-electron chi connectivity index (χ0n) is 34.0. The van der Waals surface area contributed by atoms with Crippen LogP contribution in [0.4, 0.5) is 0 Å². The van der Waals surface area contributed by atoms with Crippen molar-refractivity contribution in [3.63, 3.8) is 0 Å². The highest BCUT2D eigenvalue weighted by Gasteiger charge is 2.15. The number of unbranched alkanes of at least 4 members (excludes halogenated alkanes) is 20. The van der Waals surface area contributed by atoms with Gasteiger partial charge in [0, 0.05) is 56.4 Å². The minimum atomic E-state index is -0.652. The van der Waals surface area contributed by atoms with Crippen molar-refractivity contribution in [1.82, 2.24) is 0 Å². The molecule has 50 heavy (non-hydrogen) atoms. The summed E-state index contributed by atoms with van der Waals surface area (Å²) in [5.74, 6) is 1.39. The third-order valence-electron chi connectivity index (χ3n) is 9.84. The van der Waals surface area contributed by atoms with E-state index in [0.29, 0.717) is 23.3 Å². The van der Waals surface area contributed by atoms with E-state index in [2.05, 4.69) is 23.3 Å². The molecule has 0 amide bonds. The van der Waals surface area contributed by atoms with E-state index in [1.807, 2.05) is 13.8 Å². The molecule has 0 aromatic rings. The fraction of sp³-hybridized carbons (Fsp3) is 0.952. The van der Waals surface area contributed by atoms with Crippen molar-refractivity contribution in [3.8, 4) is 0 Å². The average Bonchev–Trinajstić information content (AvgIpc) is 3.13. The first-order valence-electron chi connectivity index (χ1n) is 21.2. The predicted octanol–water partition coefficient (Wildman–Crippen LogP) is 12.3. The minimum Gasteiger partial charge on any atom is -0.469 e. The smallest absolute Gasteiger partial charge is 0.305 e. The van der Waals surface area contributed by atoms with Crippen LogP contribution in [0.5, 0.6) is 0 Å². The van der Waals surface area contributed by atoms with Crippen LogP contribution in [-0.4, -0.2) is 56.6 Å². The first-order chi connectivity index (χ1) is 24.3. The summed E-state index contributed by atoms with van der Waals surface area (Å²) in [5.41, 5.74) is 0. The summed E-state index contributed by atoms with van der Waals surface area (Å²) in [6.07, 6.45) is 35.2. The number of carbonyl (C=O) groups excluding carboxylic acids is 2. The van der Waals surface area contributed by atoms with Crippen LogP contribution in [0.25, 0.3) is 0 Å². The Bertz CT molecular complexity index is 790. The number of hydrogen-bond acceptors (Lipinski definition) is 6. The highest BCUT2D eigenvalue weighted by molar-refractivity contribution is 7.85. The van der Waals surface area contributed by atoms with Crippen molar-refractivity contribution >= 4 is 33.5 Å². The molecule has 0 heterocycles. The summed E-state index contributed by atoms with van der Waals surface area (Å²) in [5, 5.41) is 0.811. The van der Waals surface area contributed by atoms with Gasteiger partial charge >= 0.3 is 11.9 Å². The van der Waals surface area contributed by atoms with E-state index in [1.165, 1.54) is 143 Å². The van der Waals surface area contributed by atoms with Gasteiger partial charge in [-0.3, -0.25) is 18.0 Å². The van der Waals surface area contributed by atoms with Crippen molar-refractivity contribution in [1.29, 1.82) is 0 Å². The Hall–Kier alpha value is -0.760. The van der Waals surface area contributed by atoms with Crippen molar-refractivity contribution in [2.75, 3.05) is 25.7 Å². The summed E-state index contributed by atoms with van der Waals surface area (Å²) in [7, 11) is 1.60. The first kappa shape index (κ1) is 51.3. The molecule has 0 spiro atoms. The topological polar surface area (TPSA) is 86.7 Å². The van der Waals surface area contributed by atoms with Gasteiger partial charge in [-0.15, -0.1) is 0 Å². The second kappa shape index (κ2) is 41.0. The largest absolute Gasteiger partial charge is 0.469 e. The predicted molar refractivity (Wildman–Crippen MR) is 219 cm³/mol. The van der Waals surface area contributed by atoms with Crippen LogP contribution >= 0.6 is 0 Å². The lowest BCUT2D eigenvalue weighted by Crippen LogP contribution is -2.17. The molecule has 4 unspecified atom stereocenters. The molecule has 0 saturated carbocycles. The van der Waals surface area contributed by atoms with Crippen LogP contribution < -0.4 is 0 Å².